The molecule has 0 atom stereocenters. The number of hydrogen-bond acceptors (Lipinski definition) is 8. The number of likely N-dealkylation sites (N-methyl/N-ethyl adjacent to an activating group) is 1. The van der Waals surface area contributed by atoms with Crippen LogP contribution in [0, 0.1) is 11.6 Å². The largest absolute Gasteiger partial charge is 0.433 e. The Kier molecular flexibility index (Phi) is 11.0. The van der Waals surface area contributed by atoms with E-state index in [9.17, 15) is 35.5 Å². The summed E-state index contributed by atoms with van der Waals surface area (Å²) in [6.45, 7) is 3.61. The fourth-order valence-corrected chi connectivity index (χ4v) is 3.58. The highest BCUT2D eigenvalue weighted by Crippen LogP contribution is 2.39. The van der Waals surface area contributed by atoms with E-state index in [0.717, 1.165) is 18.7 Å². The zero-order chi connectivity index (χ0) is 31.9. The van der Waals surface area contributed by atoms with Crippen molar-refractivity contribution in [1.29, 1.82) is 0 Å². The average molecular weight is 636 g/mol. The van der Waals surface area contributed by atoms with Gasteiger partial charge in [-0.05, 0) is 37.9 Å². The van der Waals surface area contributed by atoms with E-state index in [-0.39, 0.29) is 17.1 Å². The maximum Gasteiger partial charge on any atom is 0.421 e. The second-order valence-corrected chi connectivity index (χ2v) is 9.12. The quantitative estimate of drug-likeness (QED) is 0.0904. The molecule has 2 aromatic carbocycles. The minimum atomic E-state index is -5.00. The van der Waals surface area contributed by atoms with E-state index in [4.69, 9.17) is 11.6 Å². The molecule has 4 N–H and O–H groups in total. The Morgan fingerprint density at radius 2 is 1.79 bits per heavy atom. The number of ether oxygens (including phenoxy) is 1. The highest BCUT2D eigenvalue weighted by atomic mass is 35.5. The van der Waals surface area contributed by atoms with Crippen molar-refractivity contribution >= 4 is 52.0 Å². The second kappa shape index (κ2) is 14.2. The van der Waals surface area contributed by atoms with Crippen LogP contribution in [0.5, 0.6) is 5.75 Å². The summed E-state index contributed by atoms with van der Waals surface area (Å²) in [5.74, 6) is -5.11. The summed E-state index contributed by atoms with van der Waals surface area (Å²) >= 11 is 5.44. The van der Waals surface area contributed by atoms with Gasteiger partial charge in [0.1, 0.15) is 28.0 Å². The summed E-state index contributed by atoms with van der Waals surface area (Å²) in [6, 6.07) is 3.60. The van der Waals surface area contributed by atoms with Crippen molar-refractivity contribution in [3.63, 3.8) is 0 Å². The van der Waals surface area contributed by atoms with Gasteiger partial charge in [0.15, 0.2) is 5.75 Å². The molecule has 0 fully saturated rings. The zero-order valence-corrected chi connectivity index (χ0v) is 23.3. The van der Waals surface area contributed by atoms with Crippen LogP contribution in [0.25, 0.3) is 0 Å². The van der Waals surface area contributed by atoms with Gasteiger partial charge in [0.25, 0.3) is 0 Å². The number of rotatable bonds is 13. The summed E-state index contributed by atoms with van der Waals surface area (Å²) in [5.41, 5.74) is -1.89. The molecule has 0 aliphatic rings. The molecule has 0 aliphatic heterocycles. The standard InChI is InChI=1S/C26H25ClF7N7O2/c1-4-21(42)38-18-10-19(20(43-24(30)31)11-17(18)35-6-7-41(3)5-2)39-25-36-12-14(26(32,33)34)23(40-25)37-13-8-15(28)22(27)16(29)9-13/h4,8-12,24,35H,1,5-7H2,2-3H3,(H,38,42)(H2,36,37,39,40). The first-order chi connectivity index (χ1) is 20.2. The van der Waals surface area contributed by atoms with Gasteiger partial charge in [0.2, 0.25) is 11.9 Å². The van der Waals surface area contributed by atoms with E-state index in [1.807, 2.05) is 18.9 Å². The molecular weight excluding hydrogens is 611 g/mol. The number of alkyl halides is 5. The topological polar surface area (TPSA) is 103 Å². The molecule has 43 heavy (non-hydrogen) atoms. The van der Waals surface area contributed by atoms with E-state index in [2.05, 4.69) is 42.6 Å². The number of aromatic nitrogens is 2. The zero-order valence-electron chi connectivity index (χ0n) is 22.6. The number of benzene rings is 2. The highest BCUT2D eigenvalue weighted by Gasteiger charge is 2.35. The van der Waals surface area contributed by atoms with E-state index in [1.54, 1.807) is 0 Å². The Morgan fingerprint density at radius 1 is 1.12 bits per heavy atom. The molecule has 1 amide bonds. The first-order valence-electron chi connectivity index (χ1n) is 12.3. The van der Waals surface area contributed by atoms with E-state index >= 15 is 0 Å². The summed E-state index contributed by atoms with van der Waals surface area (Å²) in [6.07, 6.45) is -3.67. The SMILES string of the molecule is C=CC(=O)Nc1cc(Nc2ncc(C(F)(F)F)c(Nc3cc(F)c(Cl)c(F)c3)n2)c(OC(F)F)cc1NCCN(C)CC. The lowest BCUT2D eigenvalue weighted by molar-refractivity contribution is -0.137. The van der Waals surface area contributed by atoms with Crippen LogP contribution in [0.1, 0.15) is 12.5 Å². The number of hydrogen-bond donors (Lipinski definition) is 4. The van der Waals surface area contributed by atoms with Crippen molar-refractivity contribution in [3.8, 4) is 5.75 Å². The van der Waals surface area contributed by atoms with Crippen LogP contribution in [0.15, 0.2) is 43.1 Å². The van der Waals surface area contributed by atoms with Crippen molar-refractivity contribution in [2.75, 3.05) is 47.9 Å². The Balaban J connectivity index is 2.06. The van der Waals surface area contributed by atoms with Gasteiger partial charge in [-0.2, -0.15) is 26.9 Å². The Labute approximate surface area is 246 Å². The fourth-order valence-electron chi connectivity index (χ4n) is 3.47. The summed E-state index contributed by atoms with van der Waals surface area (Å²) < 4.78 is 100. The van der Waals surface area contributed by atoms with Crippen LogP contribution in [-0.4, -0.2) is 54.1 Å². The van der Waals surface area contributed by atoms with Crippen LogP contribution in [0.2, 0.25) is 5.02 Å². The fraction of sp³-hybridized carbons (Fsp3) is 0.269. The molecule has 3 aromatic rings. The van der Waals surface area contributed by atoms with E-state index in [0.29, 0.717) is 31.4 Å². The van der Waals surface area contributed by atoms with E-state index in [1.165, 1.54) is 6.07 Å². The highest BCUT2D eigenvalue weighted by molar-refractivity contribution is 6.31. The molecule has 0 spiro atoms. The Bertz CT molecular complexity index is 1450. The molecule has 17 heteroatoms. The van der Waals surface area contributed by atoms with Gasteiger partial charge in [-0.25, -0.2) is 13.8 Å². The smallest absolute Gasteiger partial charge is 0.421 e. The summed E-state index contributed by atoms with van der Waals surface area (Å²) in [4.78, 5) is 21.4. The molecular formula is C26H25ClF7N7O2. The molecule has 0 radical (unpaired) electrons. The number of carbonyl (C=O) groups is 1. The third-order valence-corrected chi connectivity index (χ3v) is 6.08. The number of amides is 1. The van der Waals surface area contributed by atoms with Gasteiger partial charge in [-0.3, -0.25) is 4.79 Å². The number of nitrogens with one attached hydrogen (secondary N) is 4. The molecule has 232 valence electrons. The number of nitrogens with zero attached hydrogens (tertiary/aromatic N) is 3. The number of halogens is 8. The minimum absolute atomic E-state index is 0.0746. The first kappa shape index (κ1) is 33.2. The monoisotopic (exact) mass is 635 g/mol. The molecule has 0 aliphatic carbocycles. The molecule has 0 bridgehead atoms. The lowest BCUT2D eigenvalue weighted by atomic mass is 10.2. The third kappa shape index (κ3) is 9.09. The lowest BCUT2D eigenvalue weighted by Crippen LogP contribution is -2.25. The van der Waals surface area contributed by atoms with Crippen molar-refractivity contribution in [2.45, 2.75) is 19.7 Å². The molecule has 0 saturated carbocycles. The molecule has 0 unspecified atom stereocenters. The lowest BCUT2D eigenvalue weighted by Gasteiger charge is -2.20. The van der Waals surface area contributed by atoms with Gasteiger partial charge < -0.3 is 30.9 Å². The molecule has 3 rings (SSSR count). The number of anilines is 6. The van der Waals surface area contributed by atoms with Crippen LogP contribution in [0.4, 0.5) is 65.2 Å². The predicted octanol–water partition coefficient (Wildman–Crippen LogP) is 7.00. The van der Waals surface area contributed by atoms with Gasteiger partial charge in [0.05, 0.1) is 17.1 Å². The minimum Gasteiger partial charge on any atom is -0.433 e. The van der Waals surface area contributed by atoms with Crippen LogP contribution in [-0.2, 0) is 11.0 Å². The van der Waals surface area contributed by atoms with Gasteiger partial charge >= 0.3 is 12.8 Å². The number of carbonyl (C=O) groups excluding carboxylic acids is 1. The maximum atomic E-state index is 13.9. The van der Waals surface area contributed by atoms with Crippen LogP contribution >= 0.6 is 11.6 Å². The van der Waals surface area contributed by atoms with Crippen molar-refractivity contribution in [1.82, 2.24) is 14.9 Å². The molecule has 1 aromatic heterocycles. The average Bonchev–Trinajstić information content (AvgIpc) is 2.92. The maximum absolute atomic E-state index is 13.9. The van der Waals surface area contributed by atoms with Gasteiger partial charge in [-0.1, -0.05) is 25.1 Å². The van der Waals surface area contributed by atoms with Gasteiger partial charge in [0, 0.05) is 31.0 Å². The summed E-state index contributed by atoms with van der Waals surface area (Å²) in [7, 11) is 1.85. The summed E-state index contributed by atoms with van der Waals surface area (Å²) in [5, 5.41) is 9.30. The predicted molar refractivity (Wildman–Crippen MR) is 149 cm³/mol. The van der Waals surface area contributed by atoms with Crippen molar-refractivity contribution < 1.29 is 40.3 Å². The van der Waals surface area contributed by atoms with Gasteiger partial charge in [-0.15, -0.1) is 0 Å². The van der Waals surface area contributed by atoms with E-state index < -0.39 is 64.1 Å². The normalized spacial score (nSPS) is 11.4. The second-order valence-electron chi connectivity index (χ2n) is 8.75. The Hall–Kier alpha value is -4.31. The molecule has 0 saturated heterocycles. The molecule has 9 nitrogen and oxygen atoms in total. The van der Waals surface area contributed by atoms with Crippen molar-refractivity contribution in [2.24, 2.45) is 0 Å². The third-order valence-electron chi connectivity index (χ3n) is 5.72. The van der Waals surface area contributed by atoms with Crippen LogP contribution < -0.4 is 26.0 Å². The molecule has 1 heterocycles. The Morgan fingerprint density at radius 3 is 2.37 bits per heavy atom. The first-order valence-corrected chi connectivity index (χ1v) is 12.7. The van der Waals surface area contributed by atoms with Crippen molar-refractivity contribution in [3.05, 3.63) is 65.3 Å². The van der Waals surface area contributed by atoms with Crippen LogP contribution in [0.3, 0.4) is 0 Å².